The van der Waals surface area contributed by atoms with Crippen molar-refractivity contribution in [3.8, 4) is 0 Å². The molecule has 0 spiro atoms. The third kappa shape index (κ3) is 4.21. The predicted molar refractivity (Wildman–Crippen MR) is 97.8 cm³/mol. The molecule has 128 valence electrons. The van der Waals surface area contributed by atoms with E-state index in [2.05, 4.69) is 22.5 Å². The van der Waals surface area contributed by atoms with Gasteiger partial charge in [0.15, 0.2) is 5.13 Å². The lowest BCUT2D eigenvalue weighted by atomic mass is 9.89. The molecule has 1 atom stereocenters. The molecular formula is C17H21N3O2S2. The minimum atomic E-state index is -0.139. The molecule has 2 N–H and O–H groups in total. The Kier molecular flexibility index (Phi) is 5.63. The number of hydrogen-bond acceptors (Lipinski definition) is 5. The smallest absolute Gasteiger partial charge is 0.252 e. The molecular weight excluding hydrogens is 342 g/mol. The first-order chi connectivity index (χ1) is 11.7. The largest absolute Gasteiger partial charge is 0.351 e. The van der Waals surface area contributed by atoms with Crippen LogP contribution in [0.1, 0.15) is 47.1 Å². The Balaban J connectivity index is 1.45. The van der Waals surface area contributed by atoms with Crippen LogP contribution >= 0.6 is 22.7 Å². The number of fused-ring (bicyclic) bond motifs is 1. The second-order valence-corrected chi connectivity index (χ2v) is 7.84. The average Bonchev–Trinajstić information content (AvgIpc) is 3.23. The number of amides is 2. The van der Waals surface area contributed by atoms with Crippen molar-refractivity contribution in [2.24, 2.45) is 5.92 Å². The molecule has 24 heavy (non-hydrogen) atoms. The van der Waals surface area contributed by atoms with Gasteiger partial charge in [0.25, 0.3) is 5.91 Å². The maximum absolute atomic E-state index is 12.0. The topological polar surface area (TPSA) is 71.1 Å². The lowest BCUT2D eigenvalue weighted by Crippen LogP contribution is -2.27. The first-order valence-corrected chi connectivity index (χ1v) is 10.0. The number of aromatic nitrogens is 1. The maximum atomic E-state index is 12.0. The van der Waals surface area contributed by atoms with Crippen molar-refractivity contribution in [2.75, 3.05) is 11.9 Å². The lowest BCUT2D eigenvalue weighted by molar-refractivity contribution is -0.116. The summed E-state index contributed by atoms with van der Waals surface area (Å²) in [6, 6.07) is 1.77. The molecule has 0 aromatic carbocycles. The van der Waals surface area contributed by atoms with E-state index in [9.17, 15) is 9.59 Å². The number of aryl methyl sites for hydroxylation is 1. The van der Waals surface area contributed by atoms with Gasteiger partial charge in [-0.1, -0.05) is 13.3 Å². The molecule has 2 aromatic rings. The fourth-order valence-electron chi connectivity index (χ4n) is 2.81. The first kappa shape index (κ1) is 17.1. The van der Waals surface area contributed by atoms with E-state index in [0.717, 1.165) is 24.5 Å². The zero-order valence-electron chi connectivity index (χ0n) is 13.6. The summed E-state index contributed by atoms with van der Waals surface area (Å²) in [5.74, 6) is 0.493. The Morgan fingerprint density at radius 3 is 3.04 bits per heavy atom. The Bertz CT molecular complexity index is 709. The molecule has 1 unspecified atom stereocenters. The molecule has 7 heteroatoms. The number of carbonyl (C=O) groups excluding carboxylic acids is 2. The summed E-state index contributed by atoms with van der Waals surface area (Å²) in [6.07, 6.45) is 4.72. The van der Waals surface area contributed by atoms with Crippen molar-refractivity contribution in [2.45, 2.75) is 39.0 Å². The van der Waals surface area contributed by atoms with E-state index in [1.54, 1.807) is 22.8 Å². The summed E-state index contributed by atoms with van der Waals surface area (Å²) in [5, 5.41) is 9.95. The van der Waals surface area contributed by atoms with Crippen molar-refractivity contribution in [1.82, 2.24) is 10.3 Å². The van der Waals surface area contributed by atoms with Crippen LogP contribution in [0.4, 0.5) is 5.13 Å². The number of nitrogens with zero attached hydrogens (tertiary/aromatic N) is 1. The van der Waals surface area contributed by atoms with Crippen molar-refractivity contribution in [3.05, 3.63) is 33.0 Å². The van der Waals surface area contributed by atoms with Crippen LogP contribution in [0, 0.1) is 5.92 Å². The summed E-state index contributed by atoms with van der Waals surface area (Å²) >= 11 is 3.07. The lowest BCUT2D eigenvalue weighted by Gasteiger charge is -2.18. The van der Waals surface area contributed by atoms with Gasteiger partial charge in [-0.05, 0) is 36.6 Å². The molecule has 0 bridgehead atoms. The third-order valence-corrected chi connectivity index (χ3v) is 6.01. The zero-order valence-corrected chi connectivity index (χ0v) is 15.3. The van der Waals surface area contributed by atoms with Gasteiger partial charge in [0.1, 0.15) is 0 Å². The number of rotatable bonds is 6. The molecule has 3 rings (SSSR count). The van der Waals surface area contributed by atoms with E-state index < -0.39 is 0 Å². The summed E-state index contributed by atoms with van der Waals surface area (Å²) in [4.78, 5) is 29.7. The van der Waals surface area contributed by atoms with E-state index in [4.69, 9.17) is 0 Å². The number of anilines is 1. The van der Waals surface area contributed by atoms with Crippen LogP contribution in [0.25, 0.3) is 0 Å². The SMILES string of the molecule is CCC1CCc2nc(NC(=O)CCNC(=O)c3ccsc3)sc2C1. The zero-order chi connectivity index (χ0) is 16.9. The summed E-state index contributed by atoms with van der Waals surface area (Å²) < 4.78 is 0. The van der Waals surface area contributed by atoms with Gasteiger partial charge < -0.3 is 10.6 Å². The highest BCUT2D eigenvalue weighted by Gasteiger charge is 2.22. The van der Waals surface area contributed by atoms with Crippen molar-refractivity contribution in [1.29, 1.82) is 0 Å². The van der Waals surface area contributed by atoms with Crippen LogP contribution in [0.15, 0.2) is 16.8 Å². The number of thiophene rings is 1. The van der Waals surface area contributed by atoms with E-state index in [1.807, 2.05) is 5.38 Å². The molecule has 1 aliphatic carbocycles. The molecule has 0 saturated heterocycles. The van der Waals surface area contributed by atoms with Crippen LogP contribution in [0.2, 0.25) is 0 Å². The van der Waals surface area contributed by atoms with Crippen LogP contribution in [-0.2, 0) is 17.6 Å². The first-order valence-electron chi connectivity index (χ1n) is 8.24. The number of nitrogens with one attached hydrogen (secondary N) is 2. The van der Waals surface area contributed by atoms with Gasteiger partial charge in [-0.2, -0.15) is 11.3 Å². The number of hydrogen-bond donors (Lipinski definition) is 2. The quantitative estimate of drug-likeness (QED) is 0.825. The Morgan fingerprint density at radius 2 is 2.29 bits per heavy atom. The van der Waals surface area contributed by atoms with Crippen LogP contribution < -0.4 is 10.6 Å². The van der Waals surface area contributed by atoms with E-state index in [0.29, 0.717) is 17.2 Å². The second kappa shape index (κ2) is 7.90. The molecule has 0 saturated carbocycles. The van der Waals surface area contributed by atoms with E-state index in [1.165, 1.54) is 29.1 Å². The standard InChI is InChI=1S/C17H21N3O2S2/c1-2-11-3-4-13-14(9-11)24-17(19-13)20-15(21)5-7-18-16(22)12-6-8-23-10-12/h6,8,10-11H,2-5,7,9H2,1H3,(H,18,22)(H,19,20,21). The highest BCUT2D eigenvalue weighted by molar-refractivity contribution is 7.15. The van der Waals surface area contributed by atoms with Gasteiger partial charge in [0.05, 0.1) is 5.69 Å². The minimum Gasteiger partial charge on any atom is -0.351 e. The van der Waals surface area contributed by atoms with Crippen molar-refractivity contribution in [3.63, 3.8) is 0 Å². The van der Waals surface area contributed by atoms with Crippen LogP contribution in [0.5, 0.6) is 0 Å². The van der Waals surface area contributed by atoms with Crippen LogP contribution in [0.3, 0.4) is 0 Å². The van der Waals surface area contributed by atoms with Gasteiger partial charge in [-0.25, -0.2) is 4.98 Å². The average molecular weight is 364 g/mol. The second-order valence-electron chi connectivity index (χ2n) is 5.97. The molecule has 0 fully saturated rings. The molecule has 1 aliphatic rings. The van der Waals surface area contributed by atoms with Gasteiger partial charge in [0.2, 0.25) is 5.91 Å². The number of thiazole rings is 1. The van der Waals surface area contributed by atoms with E-state index >= 15 is 0 Å². The number of carbonyl (C=O) groups is 2. The van der Waals surface area contributed by atoms with Gasteiger partial charge in [-0.3, -0.25) is 9.59 Å². The van der Waals surface area contributed by atoms with Crippen LogP contribution in [-0.4, -0.2) is 23.3 Å². The third-order valence-electron chi connectivity index (χ3n) is 4.29. The normalized spacial score (nSPS) is 16.5. The molecule has 2 heterocycles. The predicted octanol–water partition coefficient (Wildman–Crippen LogP) is 3.48. The molecule has 2 aromatic heterocycles. The van der Waals surface area contributed by atoms with Gasteiger partial charge in [-0.15, -0.1) is 11.3 Å². The maximum Gasteiger partial charge on any atom is 0.252 e. The molecule has 0 aliphatic heterocycles. The molecule has 2 amide bonds. The summed E-state index contributed by atoms with van der Waals surface area (Å²) in [5.41, 5.74) is 1.78. The Morgan fingerprint density at radius 1 is 1.42 bits per heavy atom. The molecule has 0 radical (unpaired) electrons. The molecule has 5 nitrogen and oxygen atoms in total. The van der Waals surface area contributed by atoms with Crippen molar-refractivity contribution < 1.29 is 9.59 Å². The highest BCUT2D eigenvalue weighted by atomic mass is 32.1. The fourth-order valence-corrected chi connectivity index (χ4v) is 4.59. The minimum absolute atomic E-state index is 0.112. The summed E-state index contributed by atoms with van der Waals surface area (Å²) in [6.45, 7) is 2.55. The van der Waals surface area contributed by atoms with Gasteiger partial charge in [0, 0.05) is 28.8 Å². The Hall–Kier alpha value is -1.73. The fraction of sp³-hybridized carbons (Fsp3) is 0.471. The monoisotopic (exact) mass is 363 g/mol. The van der Waals surface area contributed by atoms with E-state index in [-0.39, 0.29) is 18.2 Å². The van der Waals surface area contributed by atoms with Gasteiger partial charge >= 0.3 is 0 Å². The summed E-state index contributed by atoms with van der Waals surface area (Å²) in [7, 11) is 0. The van der Waals surface area contributed by atoms with Crippen molar-refractivity contribution >= 4 is 39.6 Å². The Labute approximate surface area is 149 Å². The highest BCUT2D eigenvalue weighted by Crippen LogP contribution is 2.33.